The van der Waals surface area contributed by atoms with Crippen molar-refractivity contribution in [2.45, 2.75) is 87.7 Å². The standard InChI is InChI=1S/C26H38O10/c1-13-9-15(5-3-7-17-21(29)25(33)23(31)19(11-27)35-17)10-14(2)16(13)6-4-8-18-22(30)26(34)24(32)20(12-28)36-18/h3-6,9-10,17-34H,7-8,11-12H2,1-2H3/b5-3+,6-4+/t17-,18-,19-,20-,21-,22-,23-,24-,25-,26-/m1/s1. The summed E-state index contributed by atoms with van der Waals surface area (Å²) >= 11 is 0. The highest BCUT2D eigenvalue weighted by Crippen LogP contribution is 2.26. The van der Waals surface area contributed by atoms with Gasteiger partial charge in [0, 0.05) is 0 Å². The van der Waals surface area contributed by atoms with Gasteiger partial charge < -0.3 is 50.3 Å². The Kier molecular flexibility index (Phi) is 10.2. The lowest BCUT2D eigenvalue weighted by Gasteiger charge is -2.39. The van der Waals surface area contributed by atoms with Gasteiger partial charge in [-0.3, -0.25) is 0 Å². The molecule has 0 aromatic heterocycles. The molecule has 36 heavy (non-hydrogen) atoms. The van der Waals surface area contributed by atoms with E-state index in [1.54, 1.807) is 6.08 Å². The Morgan fingerprint density at radius 2 is 1.00 bits per heavy atom. The Balaban J connectivity index is 1.62. The highest BCUT2D eigenvalue weighted by atomic mass is 16.5. The largest absolute Gasteiger partial charge is 0.394 e. The van der Waals surface area contributed by atoms with Gasteiger partial charge in [0.25, 0.3) is 0 Å². The molecule has 0 aliphatic carbocycles. The van der Waals surface area contributed by atoms with E-state index in [-0.39, 0.29) is 12.8 Å². The first-order valence-corrected chi connectivity index (χ1v) is 12.1. The summed E-state index contributed by atoms with van der Waals surface area (Å²) in [5, 5.41) is 78.7. The van der Waals surface area contributed by atoms with Crippen LogP contribution in [0.1, 0.15) is 35.1 Å². The third kappa shape index (κ3) is 6.40. The molecule has 0 bridgehead atoms. The number of hydrogen-bond donors (Lipinski definition) is 8. The molecule has 0 radical (unpaired) electrons. The molecule has 10 heteroatoms. The van der Waals surface area contributed by atoms with Crippen molar-refractivity contribution in [1.82, 2.24) is 0 Å². The van der Waals surface area contributed by atoms with E-state index in [2.05, 4.69) is 0 Å². The number of rotatable bonds is 8. The molecular weight excluding hydrogens is 472 g/mol. The SMILES string of the molecule is Cc1cc(/C=C/C[C@H]2O[C@H](CO)[C@@H](O)[C@H](O)[C@@H]2O)cc(C)c1/C=C/C[C@H]1O[C@H](CO)[C@@H](O)[C@H](O)[C@@H]1O. The van der Waals surface area contributed by atoms with Crippen molar-refractivity contribution >= 4 is 12.2 Å². The molecule has 2 heterocycles. The quantitative estimate of drug-likeness (QED) is 0.212. The zero-order chi connectivity index (χ0) is 26.6. The maximum absolute atomic E-state index is 10.2. The second kappa shape index (κ2) is 12.7. The number of aliphatic hydroxyl groups is 8. The number of aryl methyl sites for hydroxylation is 2. The summed E-state index contributed by atoms with van der Waals surface area (Å²) in [6.07, 6.45) is -3.54. The van der Waals surface area contributed by atoms with Crippen LogP contribution in [-0.2, 0) is 9.47 Å². The van der Waals surface area contributed by atoms with Gasteiger partial charge in [0.1, 0.15) is 48.8 Å². The van der Waals surface area contributed by atoms with Crippen LogP contribution in [0, 0.1) is 13.8 Å². The zero-order valence-electron chi connectivity index (χ0n) is 20.5. The summed E-state index contributed by atoms with van der Waals surface area (Å²) in [6.45, 7) is 2.98. The van der Waals surface area contributed by atoms with Crippen molar-refractivity contribution in [2.24, 2.45) is 0 Å². The fourth-order valence-corrected chi connectivity index (χ4v) is 4.77. The van der Waals surface area contributed by atoms with Crippen LogP contribution in [0.25, 0.3) is 12.2 Å². The predicted molar refractivity (Wildman–Crippen MR) is 131 cm³/mol. The van der Waals surface area contributed by atoms with Crippen LogP contribution < -0.4 is 0 Å². The molecule has 1 aromatic carbocycles. The van der Waals surface area contributed by atoms with Gasteiger partial charge in [0.05, 0.1) is 25.4 Å². The number of hydrogen-bond acceptors (Lipinski definition) is 10. The van der Waals surface area contributed by atoms with Crippen LogP contribution in [0.4, 0.5) is 0 Å². The Morgan fingerprint density at radius 1 is 0.611 bits per heavy atom. The van der Waals surface area contributed by atoms with E-state index in [4.69, 9.17) is 9.47 Å². The molecule has 2 aliphatic rings. The van der Waals surface area contributed by atoms with E-state index in [1.807, 2.05) is 44.2 Å². The molecule has 3 rings (SSSR count). The van der Waals surface area contributed by atoms with Crippen LogP contribution in [0.2, 0.25) is 0 Å². The smallest absolute Gasteiger partial charge is 0.111 e. The third-order valence-corrected chi connectivity index (χ3v) is 6.93. The fraction of sp³-hybridized carbons (Fsp3) is 0.615. The van der Waals surface area contributed by atoms with Gasteiger partial charge in [-0.15, -0.1) is 0 Å². The van der Waals surface area contributed by atoms with Crippen molar-refractivity contribution in [3.63, 3.8) is 0 Å². The van der Waals surface area contributed by atoms with Gasteiger partial charge in [0.2, 0.25) is 0 Å². The number of aliphatic hydroxyl groups excluding tert-OH is 8. The molecule has 10 atom stereocenters. The van der Waals surface area contributed by atoms with Crippen LogP contribution in [0.3, 0.4) is 0 Å². The fourth-order valence-electron chi connectivity index (χ4n) is 4.77. The lowest BCUT2D eigenvalue weighted by Crippen LogP contribution is -2.58. The lowest BCUT2D eigenvalue weighted by atomic mass is 9.92. The van der Waals surface area contributed by atoms with Crippen LogP contribution in [-0.4, -0.2) is 115 Å². The lowest BCUT2D eigenvalue weighted by molar-refractivity contribution is -0.227. The van der Waals surface area contributed by atoms with Gasteiger partial charge in [-0.1, -0.05) is 36.4 Å². The molecular formula is C26H38O10. The van der Waals surface area contributed by atoms with Crippen molar-refractivity contribution in [3.05, 3.63) is 46.5 Å². The first-order valence-electron chi connectivity index (χ1n) is 12.1. The molecule has 0 spiro atoms. The Hall–Kier alpha value is -1.70. The summed E-state index contributed by atoms with van der Waals surface area (Å²) in [5.74, 6) is 0. The summed E-state index contributed by atoms with van der Waals surface area (Å²) in [5.41, 5.74) is 3.88. The van der Waals surface area contributed by atoms with Crippen LogP contribution in [0.5, 0.6) is 0 Å². The van der Waals surface area contributed by atoms with E-state index >= 15 is 0 Å². The molecule has 10 nitrogen and oxygen atoms in total. The average molecular weight is 511 g/mol. The summed E-state index contributed by atoms with van der Waals surface area (Å²) in [6, 6.07) is 3.95. The monoisotopic (exact) mass is 510 g/mol. The highest BCUT2D eigenvalue weighted by molar-refractivity contribution is 5.63. The molecule has 1 aromatic rings. The second-order valence-electron chi connectivity index (χ2n) is 9.58. The molecule has 2 aliphatic heterocycles. The topological polar surface area (TPSA) is 180 Å². The molecule has 2 saturated heterocycles. The third-order valence-electron chi connectivity index (χ3n) is 6.93. The van der Waals surface area contributed by atoms with Crippen LogP contribution >= 0.6 is 0 Å². The zero-order valence-corrected chi connectivity index (χ0v) is 20.5. The Bertz CT molecular complexity index is 891. The first-order chi connectivity index (χ1) is 17.1. The Morgan fingerprint density at radius 3 is 1.42 bits per heavy atom. The molecule has 0 saturated carbocycles. The maximum Gasteiger partial charge on any atom is 0.111 e. The van der Waals surface area contributed by atoms with Crippen molar-refractivity contribution in [2.75, 3.05) is 13.2 Å². The number of ether oxygens (including phenoxy) is 2. The number of benzene rings is 1. The average Bonchev–Trinajstić information content (AvgIpc) is 2.85. The molecule has 202 valence electrons. The summed E-state index contributed by atoms with van der Waals surface area (Å²) in [7, 11) is 0. The van der Waals surface area contributed by atoms with Crippen molar-refractivity contribution in [3.8, 4) is 0 Å². The maximum atomic E-state index is 10.2. The van der Waals surface area contributed by atoms with Gasteiger partial charge in [-0.25, -0.2) is 0 Å². The molecule has 0 unspecified atom stereocenters. The highest BCUT2D eigenvalue weighted by Gasteiger charge is 2.43. The Labute approximate surface area is 210 Å². The van der Waals surface area contributed by atoms with E-state index < -0.39 is 74.3 Å². The second-order valence-corrected chi connectivity index (χ2v) is 9.58. The van der Waals surface area contributed by atoms with Crippen molar-refractivity contribution in [1.29, 1.82) is 0 Å². The van der Waals surface area contributed by atoms with Crippen LogP contribution in [0.15, 0.2) is 24.3 Å². The normalized spacial score (nSPS) is 37.7. The molecule has 8 N–H and O–H groups in total. The molecule has 0 amide bonds. The van der Waals surface area contributed by atoms with E-state index in [1.165, 1.54) is 0 Å². The minimum atomic E-state index is -1.40. The predicted octanol–water partition coefficient (Wildman–Crippen LogP) is -1.21. The summed E-state index contributed by atoms with van der Waals surface area (Å²) < 4.78 is 11.1. The van der Waals surface area contributed by atoms with E-state index in [9.17, 15) is 40.9 Å². The summed E-state index contributed by atoms with van der Waals surface area (Å²) in [4.78, 5) is 0. The van der Waals surface area contributed by atoms with Crippen molar-refractivity contribution < 1.29 is 50.3 Å². The van der Waals surface area contributed by atoms with Gasteiger partial charge in [0.15, 0.2) is 0 Å². The van der Waals surface area contributed by atoms with Gasteiger partial charge >= 0.3 is 0 Å². The minimum absolute atomic E-state index is 0.278. The van der Waals surface area contributed by atoms with Gasteiger partial charge in [-0.05, 0) is 48.9 Å². The molecule has 2 fully saturated rings. The first kappa shape index (κ1) is 28.9. The van der Waals surface area contributed by atoms with E-state index in [0.717, 1.165) is 22.3 Å². The van der Waals surface area contributed by atoms with Gasteiger partial charge in [-0.2, -0.15) is 0 Å². The van der Waals surface area contributed by atoms with E-state index in [0.29, 0.717) is 0 Å². The minimum Gasteiger partial charge on any atom is -0.394 e.